The summed E-state index contributed by atoms with van der Waals surface area (Å²) in [6, 6.07) is 0.419. The summed E-state index contributed by atoms with van der Waals surface area (Å²) >= 11 is 0. The zero-order valence-corrected chi connectivity index (χ0v) is 10.7. The van der Waals surface area contributed by atoms with Gasteiger partial charge in [-0.15, -0.1) is 0 Å². The first-order chi connectivity index (χ1) is 9.29. The van der Waals surface area contributed by atoms with E-state index in [2.05, 4.69) is 4.74 Å². The zero-order valence-electron chi connectivity index (χ0n) is 10.7. The van der Waals surface area contributed by atoms with Crippen LogP contribution in [0.5, 0.6) is 0 Å². The van der Waals surface area contributed by atoms with Crippen molar-refractivity contribution in [3.05, 3.63) is 38.9 Å². The van der Waals surface area contributed by atoms with E-state index in [-0.39, 0.29) is 6.61 Å². The van der Waals surface area contributed by atoms with Gasteiger partial charge in [-0.05, 0) is 19.9 Å². The number of esters is 1. The van der Waals surface area contributed by atoms with Gasteiger partial charge in [0, 0.05) is 0 Å². The summed E-state index contributed by atoms with van der Waals surface area (Å²) in [5.74, 6) is -4.43. The number of halogens is 2. The molecule has 0 fully saturated rings. The number of ether oxygens (including phenoxy) is 1. The Bertz CT molecular complexity index is 586. The molecule has 0 amide bonds. The molecule has 6 nitrogen and oxygen atoms in total. The molecule has 108 valence electrons. The average Bonchev–Trinajstić information content (AvgIpc) is 2.33. The van der Waals surface area contributed by atoms with Crippen molar-refractivity contribution in [3.8, 4) is 0 Å². The molecule has 0 radical (unpaired) electrons. The van der Waals surface area contributed by atoms with Crippen LogP contribution in [0.4, 0.5) is 14.5 Å². The van der Waals surface area contributed by atoms with E-state index in [1.54, 1.807) is 0 Å². The van der Waals surface area contributed by atoms with Crippen molar-refractivity contribution in [2.75, 3.05) is 6.61 Å². The monoisotopic (exact) mass is 287 g/mol. The van der Waals surface area contributed by atoms with E-state index in [9.17, 15) is 28.5 Å². The van der Waals surface area contributed by atoms with Crippen LogP contribution in [0, 0.1) is 28.7 Å². The second-order valence-corrected chi connectivity index (χ2v) is 3.86. The quantitative estimate of drug-likeness (QED) is 0.273. The van der Waals surface area contributed by atoms with Gasteiger partial charge in [-0.3, -0.25) is 19.7 Å². The summed E-state index contributed by atoms with van der Waals surface area (Å²) in [5.41, 5.74) is -2.34. The minimum atomic E-state index is -1.33. The van der Waals surface area contributed by atoms with Gasteiger partial charge in [-0.2, -0.15) is 4.39 Å². The third-order valence-corrected chi connectivity index (χ3v) is 2.51. The molecule has 0 aliphatic rings. The maximum absolute atomic E-state index is 13.8. The van der Waals surface area contributed by atoms with E-state index < -0.39 is 51.5 Å². The predicted molar refractivity (Wildman–Crippen MR) is 63.3 cm³/mol. The fourth-order valence-corrected chi connectivity index (χ4v) is 1.61. The van der Waals surface area contributed by atoms with Gasteiger partial charge in [0.1, 0.15) is 12.2 Å². The molecule has 0 spiro atoms. The highest BCUT2D eigenvalue weighted by molar-refractivity contribution is 6.06. The molecule has 0 saturated carbocycles. The van der Waals surface area contributed by atoms with Gasteiger partial charge < -0.3 is 4.74 Å². The standard InChI is InChI=1S/C12H11F2NO5/c1-3-20-10(17)5-9(16)7-4-8(13)12(15(18)19)6(2)11(7)14/h4H,3,5H2,1-2H3. The SMILES string of the molecule is CCOC(=O)CC(=O)c1cc(F)c([N+](=O)[O-])c(C)c1F. The number of hydrogen-bond acceptors (Lipinski definition) is 5. The Morgan fingerprint density at radius 1 is 1.40 bits per heavy atom. The van der Waals surface area contributed by atoms with Crippen molar-refractivity contribution in [1.82, 2.24) is 0 Å². The lowest BCUT2D eigenvalue weighted by molar-refractivity contribution is -0.388. The third kappa shape index (κ3) is 3.14. The maximum Gasteiger partial charge on any atom is 0.313 e. The Morgan fingerprint density at radius 2 is 2.00 bits per heavy atom. The fraction of sp³-hybridized carbons (Fsp3) is 0.333. The summed E-state index contributed by atoms with van der Waals surface area (Å²) in [6.07, 6.45) is -0.762. The van der Waals surface area contributed by atoms with Gasteiger partial charge in [-0.25, -0.2) is 4.39 Å². The zero-order chi connectivity index (χ0) is 15.4. The molecule has 0 saturated heterocycles. The highest BCUT2D eigenvalue weighted by atomic mass is 19.1. The van der Waals surface area contributed by atoms with Crippen molar-refractivity contribution in [1.29, 1.82) is 0 Å². The molecule has 1 aromatic rings. The largest absolute Gasteiger partial charge is 0.466 e. The Balaban J connectivity index is 3.18. The molecule has 1 aromatic carbocycles. The molecule has 0 aliphatic carbocycles. The molecule has 0 heterocycles. The van der Waals surface area contributed by atoms with Crippen molar-refractivity contribution in [3.63, 3.8) is 0 Å². The van der Waals surface area contributed by atoms with Gasteiger partial charge in [0.15, 0.2) is 5.78 Å². The lowest BCUT2D eigenvalue weighted by atomic mass is 10.0. The van der Waals surface area contributed by atoms with E-state index in [4.69, 9.17) is 0 Å². The first-order valence-electron chi connectivity index (χ1n) is 5.61. The highest BCUT2D eigenvalue weighted by Crippen LogP contribution is 2.27. The highest BCUT2D eigenvalue weighted by Gasteiger charge is 2.27. The number of nitro groups is 1. The molecule has 0 bridgehead atoms. The van der Waals surface area contributed by atoms with Crippen molar-refractivity contribution in [2.24, 2.45) is 0 Å². The number of ketones is 1. The van der Waals surface area contributed by atoms with Crippen LogP contribution < -0.4 is 0 Å². The van der Waals surface area contributed by atoms with Crippen LogP contribution in [0.25, 0.3) is 0 Å². The molecule has 0 aliphatic heterocycles. The number of nitro benzene ring substituents is 1. The Kier molecular flexibility index (Phi) is 4.84. The van der Waals surface area contributed by atoms with Crippen molar-refractivity contribution < 1.29 is 28.0 Å². The minimum absolute atomic E-state index is 0.0439. The first kappa shape index (κ1) is 15.7. The van der Waals surface area contributed by atoms with Crippen LogP contribution in [0.1, 0.15) is 29.3 Å². The van der Waals surface area contributed by atoms with E-state index in [0.29, 0.717) is 6.07 Å². The maximum atomic E-state index is 13.8. The number of Topliss-reactive ketones (excluding diaryl/α,β-unsaturated/α-hetero) is 1. The molecular formula is C12H11F2NO5. The number of nitrogens with zero attached hydrogens (tertiary/aromatic N) is 1. The number of rotatable bonds is 5. The fourth-order valence-electron chi connectivity index (χ4n) is 1.61. The van der Waals surface area contributed by atoms with Crippen LogP contribution in [-0.2, 0) is 9.53 Å². The predicted octanol–water partition coefficient (Wildman–Crippen LogP) is 2.32. The summed E-state index contributed by atoms with van der Waals surface area (Å²) in [7, 11) is 0. The van der Waals surface area contributed by atoms with Gasteiger partial charge in [0.25, 0.3) is 0 Å². The molecular weight excluding hydrogens is 276 g/mol. The topological polar surface area (TPSA) is 86.5 Å². The van der Waals surface area contributed by atoms with E-state index in [1.165, 1.54) is 6.92 Å². The number of hydrogen-bond donors (Lipinski definition) is 0. The number of carbonyl (C=O) groups excluding carboxylic acids is 2. The van der Waals surface area contributed by atoms with Crippen LogP contribution in [-0.4, -0.2) is 23.3 Å². The second-order valence-electron chi connectivity index (χ2n) is 3.86. The molecule has 20 heavy (non-hydrogen) atoms. The molecule has 0 unspecified atom stereocenters. The van der Waals surface area contributed by atoms with Gasteiger partial charge in [0.05, 0.1) is 22.7 Å². The molecule has 0 N–H and O–H groups in total. The third-order valence-electron chi connectivity index (χ3n) is 2.51. The smallest absolute Gasteiger partial charge is 0.313 e. The van der Waals surface area contributed by atoms with Crippen molar-refractivity contribution >= 4 is 17.4 Å². The number of benzene rings is 1. The van der Waals surface area contributed by atoms with E-state index in [1.807, 2.05) is 0 Å². The van der Waals surface area contributed by atoms with Gasteiger partial charge in [0.2, 0.25) is 5.82 Å². The van der Waals surface area contributed by atoms with Crippen LogP contribution in [0.2, 0.25) is 0 Å². The average molecular weight is 287 g/mol. The van der Waals surface area contributed by atoms with E-state index in [0.717, 1.165) is 6.92 Å². The van der Waals surface area contributed by atoms with Crippen molar-refractivity contribution in [2.45, 2.75) is 20.3 Å². The molecule has 1 rings (SSSR count). The normalized spacial score (nSPS) is 10.2. The van der Waals surface area contributed by atoms with Crippen LogP contribution in [0.15, 0.2) is 6.07 Å². The van der Waals surface area contributed by atoms with Gasteiger partial charge in [-0.1, -0.05) is 0 Å². The summed E-state index contributed by atoms with van der Waals surface area (Å²) in [5, 5.41) is 10.6. The number of carbonyl (C=O) groups is 2. The van der Waals surface area contributed by atoms with Crippen LogP contribution in [0.3, 0.4) is 0 Å². The first-order valence-corrected chi connectivity index (χ1v) is 5.61. The summed E-state index contributed by atoms with van der Waals surface area (Å²) in [4.78, 5) is 32.3. The molecule has 0 atom stereocenters. The Morgan fingerprint density at radius 3 is 2.50 bits per heavy atom. The molecule has 8 heteroatoms. The van der Waals surface area contributed by atoms with Crippen LogP contribution >= 0.6 is 0 Å². The molecule has 0 aromatic heterocycles. The second kappa shape index (κ2) is 6.18. The summed E-state index contributed by atoms with van der Waals surface area (Å²) in [6.45, 7) is 2.55. The Labute approximate surface area is 112 Å². The minimum Gasteiger partial charge on any atom is -0.466 e. The Hall–Kier alpha value is -2.38. The summed E-state index contributed by atoms with van der Waals surface area (Å²) < 4.78 is 31.9. The van der Waals surface area contributed by atoms with E-state index >= 15 is 0 Å². The lowest BCUT2D eigenvalue weighted by Gasteiger charge is -2.06. The van der Waals surface area contributed by atoms with Gasteiger partial charge >= 0.3 is 11.7 Å². The lowest BCUT2D eigenvalue weighted by Crippen LogP contribution is -2.14.